The summed E-state index contributed by atoms with van der Waals surface area (Å²) in [5.41, 5.74) is 0.368. The summed E-state index contributed by atoms with van der Waals surface area (Å²) in [4.78, 5) is 18.1. The van der Waals surface area contributed by atoms with Crippen molar-refractivity contribution in [2.75, 3.05) is 6.61 Å². The molecule has 90 valence electrons. The van der Waals surface area contributed by atoms with Crippen LogP contribution < -0.4 is 4.74 Å². The minimum atomic E-state index is -0.507. The first kappa shape index (κ1) is 11.7. The average molecular weight is 244 g/mol. The fourth-order valence-electron chi connectivity index (χ4n) is 1.50. The highest BCUT2D eigenvalue weighted by molar-refractivity contribution is 5.85. The molecule has 7 nitrogen and oxygen atoms in total. The zero-order chi connectivity index (χ0) is 13.1. The maximum Gasteiger partial charge on any atom is 0.270 e. The highest BCUT2D eigenvalue weighted by Crippen LogP contribution is 2.26. The molecule has 2 aromatic rings. The van der Waals surface area contributed by atoms with Gasteiger partial charge in [0, 0.05) is 12.1 Å². The SMILES string of the molecule is CCOc1nc(C#N)nc2ccc([N+](=O)[O-])cc12. The number of fused-ring (bicyclic) bond motifs is 1. The standard InChI is InChI=1S/C11H8N4O3/c1-2-18-11-8-5-7(15(16)17)3-4-9(8)13-10(6-12)14-11/h3-5H,2H2,1H3. The number of nitriles is 1. The Bertz CT molecular complexity index is 663. The van der Waals surface area contributed by atoms with Crippen LogP contribution in [-0.2, 0) is 0 Å². The first-order valence-corrected chi connectivity index (χ1v) is 5.14. The Hall–Kier alpha value is -2.75. The van der Waals surface area contributed by atoms with E-state index in [4.69, 9.17) is 10.00 Å². The maximum atomic E-state index is 10.7. The Balaban J connectivity index is 2.72. The van der Waals surface area contributed by atoms with E-state index in [2.05, 4.69) is 9.97 Å². The monoisotopic (exact) mass is 244 g/mol. The van der Waals surface area contributed by atoms with E-state index in [0.717, 1.165) is 0 Å². The van der Waals surface area contributed by atoms with Gasteiger partial charge in [-0.1, -0.05) is 0 Å². The highest BCUT2D eigenvalue weighted by Gasteiger charge is 2.13. The summed E-state index contributed by atoms with van der Waals surface area (Å²) in [6.07, 6.45) is 0. The summed E-state index contributed by atoms with van der Waals surface area (Å²) in [5.74, 6) is 0.155. The number of nitro groups is 1. The van der Waals surface area contributed by atoms with Crippen molar-refractivity contribution in [3.63, 3.8) is 0 Å². The van der Waals surface area contributed by atoms with Crippen molar-refractivity contribution in [1.82, 2.24) is 9.97 Å². The summed E-state index contributed by atoms with van der Waals surface area (Å²) in [5, 5.41) is 19.9. The molecular formula is C11H8N4O3. The molecular weight excluding hydrogens is 236 g/mol. The largest absolute Gasteiger partial charge is 0.477 e. The summed E-state index contributed by atoms with van der Waals surface area (Å²) in [6.45, 7) is 2.11. The number of benzene rings is 1. The first-order chi connectivity index (χ1) is 8.65. The zero-order valence-corrected chi connectivity index (χ0v) is 9.45. The minimum Gasteiger partial charge on any atom is -0.477 e. The van der Waals surface area contributed by atoms with E-state index in [9.17, 15) is 10.1 Å². The zero-order valence-electron chi connectivity index (χ0n) is 9.45. The van der Waals surface area contributed by atoms with Crippen LogP contribution in [0, 0.1) is 21.4 Å². The lowest BCUT2D eigenvalue weighted by molar-refractivity contribution is -0.384. The third kappa shape index (κ3) is 2.04. The second-order valence-electron chi connectivity index (χ2n) is 3.36. The predicted molar refractivity (Wildman–Crippen MR) is 62.1 cm³/mol. The summed E-state index contributed by atoms with van der Waals surface area (Å²) in [7, 11) is 0. The average Bonchev–Trinajstić information content (AvgIpc) is 2.38. The summed E-state index contributed by atoms with van der Waals surface area (Å²) >= 11 is 0. The Labute approximate surface area is 102 Å². The molecule has 2 rings (SSSR count). The molecule has 0 unspecified atom stereocenters. The van der Waals surface area contributed by atoms with E-state index in [1.807, 2.05) is 6.07 Å². The Morgan fingerprint density at radius 1 is 1.50 bits per heavy atom. The number of nitrogens with zero attached hydrogens (tertiary/aromatic N) is 4. The van der Waals surface area contributed by atoms with Crippen LogP contribution in [0.15, 0.2) is 18.2 Å². The molecule has 0 saturated heterocycles. The number of hydrogen-bond donors (Lipinski definition) is 0. The van der Waals surface area contributed by atoms with Crippen LogP contribution in [0.3, 0.4) is 0 Å². The first-order valence-electron chi connectivity index (χ1n) is 5.14. The lowest BCUT2D eigenvalue weighted by Crippen LogP contribution is -2.00. The van der Waals surface area contributed by atoms with Crippen LogP contribution in [0.25, 0.3) is 10.9 Å². The molecule has 0 spiro atoms. The molecule has 0 fully saturated rings. The molecule has 1 aromatic carbocycles. The Morgan fingerprint density at radius 3 is 2.89 bits per heavy atom. The van der Waals surface area contributed by atoms with Gasteiger partial charge in [0.15, 0.2) is 0 Å². The molecule has 0 amide bonds. The van der Waals surface area contributed by atoms with Crippen molar-refractivity contribution in [2.24, 2.45) is 0 Å². The van der Waals surface area contributed by atoms with Crippen LogP contribution >= 0.6 is 0 Å². The van der Waals surface area contributed by atoms with Crippen molar-refractivity contribution in [3.05, 3.63) is 34.1 Å². The second kappa shape index (κ2) is 4.63. The van der Waals surface area contributed by atoms with Crippen LogP contribution in [-0.4, -0.2) is 21.5 Å². The van der Waals surface area contributed by atoms with Crippen molar-refractivity contribution >= 4 is 16.6 Å². The van der Waals surface area contributed by atoms with Crippen molar-refractivity contribution in [2.45, 2.75) is 6.92 Å². The number of hydrogen-bond acceptors (Lipinski definition) is 6. The molecule has 0 aliphatic carbocycles. The van der Waals surface area contributed by atoms with Crippen molar-refractivity contribution in [3.8, 4) is 11.9 Å². The molecule has 1 aromatic heterocycles. The van der Waals surface area contributed by atoms with E-state index < -0.39 is 4.92 Å². The lowest BCUT2D eigenvalue weighted by Gasteiger charge is -2.05. The quantitative estimate of drug-likeness (QED) is 0.602. The lowest BCUT2D eigenvalue weighted by atomic mass is 10.2. The van der Waals surface area contributed by atoms with Crippen LogP contribution in [0.4, 0.5) is 5.69 Å². The van der Waals surface area contributed by atoms with Gasteiger partial charge in [0.25, 0.3) is 5.69 Å². The van der Waals surface area contributed by atoms with Gasteiger partial charge in [0.2, 0.25) is 11.7 Å². The van der Waals surface area contributed by atoms with Gasteiger partial charge < -0.3 is 4.74 Å². The molecule has 0 N–H and O–H groups in total. The minimum absolute atomic E-state index is 0.0280. The third-order valence-electron chi connectivity index (χ3n) is 2.24. The molecule has 0 saturated carbocycles. The Kier molecular flexibility index (Phi) is 3.02. The van der Waals surface area contributed by atoms with Gasteiger partial charge in [-0.25, -0.2) is 4.98 Å². The number of nitro benzene ring substituents is 1. The van der Waals surface area contributed by atoms with Gasteiger partial charge in [0.1, 0.15) is 6.07 Å². The molecule has 0 aliphatic rings. The fourth-order valence-corrected chi connectivity index (χ4v) is 1.50. The van der Waals surface area contributed by atoms with Gasteiger partial charge in [-0.2, -0.15) is 10.2 Å². The van der Waals surface area contributed by atoms with Crippen molar-refractivity contribution in [1.29, 1.82) is 5.26 Å². The van der Waals surface area contributed by atoms with Gasteiger partial charge in [-0.3, -0.25) is 10.1 Å². The van der Waals surface area contributed by atoms with Crippen molar-refractivity contribution < 1.29 is 9.66 Å². The molecule has 0 atom stereocenters. The smallest absolute Gasteiger partial charge is 0.270 e. The third-order valence-corrected chi connectivity index (χ3v) is 2.24. The second-order valence-corrected chi connectivity index (χ2v) is 3.36. The van der Waals surface area contributed by atoms with Crippen LogP contribution in [0.2, 0.25) is 0 Å². The topological polar surface area (TPSA) is 102 Å². The van der Waals surface area contributed by atoms with Crippen LogP contribution in [0.1, 0.15) is 12.7 Å². The van der Waals surface area contributed by atoms with E-state index in [1.54, 1.807) is 6.92 Å². The Morgan fingerprint density at radius 2 is 2.28 bits per heavy atom. The molecule has 7 heteroatoms. The fraction of sp³-hybridized carbons (Fsp3) is 0.182. The molecule has 18 heavy (non-hydrogen) atoms. The molecule has 1 heterocycles. The summed E-state index contributed by atoms with van der Waals surface area (Å²) in [6, 6.07) is 5.95. The van der Waals surface area contributed by atoms with Gasteiger partial charge in [-0.05, 0) is 13.0 Å². The van der Waals surface area contributed by atoms with Crippen LogP contribution in [0.5, 0.6) is 5.88 Å². The number of rotatable bonds is 3. The van der Waals surface area contributed by atoms with E-state index in [0.29, 0.717) is 17.5 Å². The number of non-ortho nitro benzene ring substituents is 1. The molecule has 0 radical (unpaired) electrons. The van der Waals surface area contributed by atoms with E-state index in [-0.39, 0.29) is 17.4 Å². The highest BCUT2D eigenvalue weighted by atomic mass is 16.6. The van der Waals surface area contributed by atoms with Gasteiger partial charge in [0.05, 0.1) is 22.4 Å². The molecule has 0 aliphatic heterocycles. The normalized spacial score (nSPS) is 10.0. The predicted octanol–water partition coefficient (Wildman–Crippen LogP) is 1.81. The maximum absolute atomic E-state index is 10.7. The number of aromatic nitrogens is 2. The number of ether oxygens (including phenoxy) is 1. The van der Waals surface area contributed by atoms with E-state index >= 15 is 0 Å². The van der Waals surface area contributed by atoms with Gasteiger partial charge >= 0.3 is 0 Å². The summed E-state index contributed by atoms with van der Waals surface area (Å²) < 4.78 is 5.27. The molecule has 0 bridgehead atoms. The van der Waals surface area contributed by atoms with E-state index in [1.165, 1.54) is 18.2 Å². The van der Waals surface area contributed by atoms with Gasteiger partial charge in [-0.15, -0.1) is 0 Å².